The number of carboxylic acids is 1. The Kier molecular flexibility index (Phi) is 15.4. The van der Waals surface area contributed by atoms with Crippen molar-refractivity contribution >= 4 is 17.9 Å². The molecule has 0 aliphatic heterocycles. The summed E-state index contributed by atoms with van der Waals surface area (Å²) in [6.45, 7) is 4.35. The molecule has 7 nitrogen and oxygen atoms in total. The van der Waals surface area contributed by atoms with Gasteiger partial charge in [0.05, 0.1) is 5.56 Å². The fourth-order valence-electron chi connectivity index (χ4n) is 5.65. The van der Waals surface area contributed by atoms with Gasteiger partial charge in [0, 0.05) is 25.6 Å². The molecule has 0 spiro atoms. The van der Waals surface area contributed by atoms with Crippen molar-refractivity contribution in [1.82, 2.24) is 0 Å². The molecule has 1 N–H and O–H groups in total. The standard InChI is InChI=1S/C38H47F3O7/c1-3-5-6-7-8-9-10-11-18-34(42)47-30-21-19-28(20-22-30)29-23-25-37(26-24-29,36(44)45)32-16-13-12-15-31(32)35(43)48-33(38(39,40)41)17-14-27-46-4-2/h12-13,15-16,19-26,29,33H,3-11,14,17-18,27H2,1-2H3,(H,44,45)/t29?,33-,37?/m1/s1. The second kappa shape index (κ2) is 19.2. The third kappa shape index (κ3) is 11.4. The first kappa shape index (κ1) is 38.5. The number of halogens is 3. The van der Waals surface area contributed by atoms with Gasteiger partial charge in [-0.15, -0.1) is 0 Å². The molecule has 262 valence electrons. The maximum absolute atomic E-state index is 13.7. The first-order chi connectivity index (χ1) is 23.0. The molecule has 10 heteroatoms. The highest BCUT2D eigenvalue weighted by atomic mass is 19.4. The van der Waals surface area contributed by atoms with Crippen molar-refractivity contribution < 1.29 is 46.9 Å². The molecule has 2 aromatic carbocycles. The Morgan fingerprint density at radius 3 is 2.08 bits per heavy atom. The van der Waals surface area contributed by atoms with E-state index in [2.05, 4.69) is 6.92 Å². The maximum Gasteiger partial charge on any atom is 0.425 e. The lowest BCUT2D eigenvalue weighted by Crippen LogP contribution is -2.37. The molecule has 0 aromatic heterocycles. The molecule has 0 saturated carbocycles. The minimum Gasteiger partial charge on any atom is -0.480 e. The average Bonchev–Trinajstić information content (AvgIpc) is 3.07. The fraction of sp³-hybridized carbons (Fsp3) is 0.500. The van der Waals surface area contributed by atoms with Crippen LogP contribution in [0.15, 0.2) is 72.8 Å². The lowest BCUT2D eigenvalue weighted by molar-refractivity contribution is -0.206. The highest BCUT2D eigenvalue weighted by Crippen LogP contribution is 2.38. The monoisotopic (exact) mass is 672 g/mol. The number of esters is 2. The van der Waals surface area contributed by atoms with Crippen LogP contribution in [0.4, 0.5) is 13.2 Å². The Labute approximate surface area is 281 Å². The van der Waals surface area contributed by atoms with E-state index in [-0.39, 0.29) is 36.0 Å². The van der Waals surface area contributed by atoms with E-state index < -0.39 is 36.1 Å². The Balaban J connectivity index is 1.65. The summed E-state index contributed by atoms with van der Waals surface area (Å²) in [4.78, 5) is 38.1. The summed E-state index contributed by atoms with van der Waals surface area (Å²) < 4.78 is 56.6. The normalized spacial score (nSPS) is 18.0. The minimum atomic E-state index is -4.81. The lowest BCUT2D eigenvalue weighted by atomic mass is 9.73. The summed E-state index contributed by atoms with van der Waals surface area (Å²) in [6.07, 6.45) is 7.94. The van der Waals surface area contributed by atoms with Gasteiger partial charge >= 0.3 is 24.1 Å². The van der Waals surface area contributed by atoms with E-state index in [1.807, 2.05) is 0 Å². The summed E-state index contributed by atoms with van der Waals surface area (Å²) in [5.41, 5.74) is -1.30. The second-order valence-corrected chi connectivity index (χ2v) is 12.0. The molecule has 0 amide bonds. The third-order valence-electron chi connectivity index (χ3n) is 8.38. The highest BCUT2D eigenvalue weighted by molar-refractivity contribution is 5.97. The van der Waals surface area contributed by atoms with E-state index >= 15 is 0 Å². The molecule has 0 bridgehead atoms. The predicted octanol–water partition coefficient (Wildman–Crippen LogP) is 9.26. The van der Waals surface area contributed by atoms with Crippen molar-refractivity contribution in [2.24, 2.45) is 0 Å². The number of hydrogen-bond acceptors (Lipinski definition) is 6. The molecule has 0 unspecified atom stereocenters. The van der Waals surface area contributed by atoms with Gasteiger partial charge in [0.1, 0.15) is 11.2 Å². The first-order valence-electron chi connectivity index (χ1n) is 16.9. The molecule has 1 aliphatic carbocycles. The van der Waals surface area contributed by atoms with Gasteiger partial charge in [0.15, 0.2) is 6.10 Å². The zero-order chi connectivity index (χ0) is 35.0. The van der Waals surface area contributed by atoms with Gasteiger partial charge in [0.2, 0.25) is 0 Å². The number of hydrogen-bond donors (Lipinski definition) is 1. The summed E-state index contributed by atoms with van der Waals surface area (Å²) in [5, 5.41) is 10.3. The van der Waals surface area contributed by atoms with Gasteiger partial charge in [-0.05, 0) is 55.5 Å². The molecule has 48 heavy (non-hydrogen) atoms. The summed E-state index contributed by atoms with van der Waals surface area (Å²) >= 11 is 0. The fourth-order valence-corrected chi connectivity index (χ4v) is 5.65. The van der Waals surface area contributed by atoms with Crippen LogP contribution in [0.1, 0.15) is 112 Å². The number of aliphatic carboxylic acids is 1. The van der Waals surface area contributed by atoms with Crippen molar-refractivity contribution in [2.45, 2.75) is 108 Å². The van der Waals surface area contributed by atoms with Gasteiger partial charge in [0.25, 0.3) is 0 Å². The van der Waals surface area contributed by atoms with Crippen LogP contribution in [0.5, 0.6) is 5.75 Å². The Morgan fingerprint density at radius 2 is 1.48 bits per heavy atom. The zero-order valence-corrected chi connectivity index (χ0v) is 27.8. The van der Waals surface area contributed by atoms with Crippen molar-refractivity contribution in [3.63, 3.8) is 0 Å². The topological polar surface area (TPSA) is 99.1 Å². The molecule has 0 saturated heterocycles. The molecule has 1 aliphatic rings. The molecule has 0 fully saturated rings. The number of unbranched alkanes of at least 4 members (excludes halogenated alkanes) is 7. The highest BCUT2D eigenvalue weighted by Gasteiger charge is 2.44. The van der Waals surface area contributed by atoms with Crippen LogP contribution in [0, 0.1) is 0 Å². The molecular weight excluding hydrogens is 625 g/mol. The Hall–Kier alpha value is -3.92. The van der Waals surface area contributed by atoms with Crippen molar-refractivity contribution in [1.29, 1.82) is 0 Å². The lowest BCUT2D eigenvalue weighted by Gasteiger charge is -2.29. The van der Waals surface area contributed by atoms with E-state index in [1.165, 1.54) is 68.5 Å². The van der Waals surface area contributed by atoms with Gasteiger partial charge < -0.3 is 19.3 Å². The van der Waals surface area contributed by atoms with Crippen molar-refractivity contribution in [3.8, 4) is 5.75 Å². The second-order valence-electron chi connectivity index (χ2n) is 12.0. The number of benzene rings is 2. The molecule has 2 aromatic rings. The van der Waals surface area contributed by atoms with Gasteiger partial charge in [-0.3, -0.25) is 9.59 Å². The van der Waals surface area contributed by atoms with E-state index in [9.17, 15) is 32.7 Å². The summed E-state index contributed by atoms with van der Waals surface area (Å²) in [6, 6.07) is 12.5. The number of ether oxygens (including phenoxy) is 3. The smallest absolute Gasteiger partial charge is 0.425 e. The number of alkyl halides is 3. The molecular formula is C38H47F3O7. The minimum absolute atomic E-state index is 0.0116. The number of carbonyl (C=O) groups excluding carboxylic acids is 2. The SMILES string of the molecule is CCCCCCCCCCC(=O)Oc1ccc(C2C=CC(C(=O)O)(c3ccccc3C(=O)O[C@H](CCCOCC)C(F)(F)F)C=C2)cc1. The van der Waals surface area contributed by atoms with E-state index in [1.54, 1.807) is 43.3 Å². The number of carbonyl (C=O) groups is 3. The number of carboxylic acid groups (broad SMARTS) is 1. The zero-order valence-electron chi connectivity index (χ0n) is 27.8. The van der Waals surface area contributed by atoms with Crippen molar-refractivity contribution in [2.75, 3.05) is 13.2 Å². The first-order valence-corrected chi connectivity index (χ1v) is 16.9. The third-order valence-corrected chi connectivity index (χ3v) is 8.38. The molecule has 0 heterocycles. The van der Waals surface area contributed by atoms with Gasteiger partial charge in [-0.1, -0.05) is 107 Å². The summed E-state index contributed by atoms with van der Waals surface area (Å²) in [7, 11) is 0. The maximum atomic E-state index is 13.7. The molecule has 1 atom stereocenters. The Bertz CT molecular complexity index is 1370. The van der Waals surface area contributed by atoms with Gasteiger partial charge in [-0.25, -0.2) is 4.79 Å². The van der Waals surface area contributed by atoms with Crippen LogP contribution < -0.4 is 4.74 Å². The van der Waals surface area contributed by atoms with Crippen molar-refractivity contribution in [3.05, 3.63) is 89.5 Å². The van der Waals surface area contributed by atoms with Crippen LogP contribution >= 0.6 is 0 Å². The Morgan fingerprint density at radius 1 is 0.854 bits per heavy atom. The predicted molar refractivity (Wildman–Crippen MR) is 177 cm³/mol. The van der Waals surface area contributed by atoms with Crippen LogP contribution in [0.25, 0.3) is 0 Å². The van der Waals surface area contributed by atoms with E-state index in [4.69, 9.17) is 14.2 Å². The number of rotatable bonds is 20. The largest absolute Gasteiger partial charge is 0.480 e. The van der Waals surface area contributed by atoms with Gasteiger partial charge in [-0.2, -0.15) is 13.2 Å². The molecule has 0 radical (unpaired) electrons. The van der Waals surface area contributed by atoms with Crippen LogP contribution in [0.2, 0.25) is 0 Å². The van der Waals surface area contributed by atoms with Crippen LogP contribution in [-0.2, 0) is 24.5 Å². The van der Waals surface area contributed by atoms with Crippen LogP contribution in [0.3, 0.4) is 0 Å². The van der Waals surface area contributed by atoms with Crippen LogP contribution in [-0.4, -0.2) is 48.5 Å². The number of allylic oxidation sites excluding steroid dienone is 2. The van der Waals surface area contributed by atoms with E-state index in [0.717, 1.165) is 24.8 Å². The average molecular weight is 673 g/mol. The van der Waals surface area contributed by atoms with E-state index in [0.29, 0.717) is 18.8 Å². The molecule has 3 rings (SSSR count). The quantitative estimate of drug-likeness (QED) is 0.0648. The summed E-state index contributed by atoms with van der Waals surface area (Å²) in [5.74, 6) is -2.78.